The van der Waals surface area contributed by atoms with Crippen LogP contribution < -0.4 is 0 Å². The Bertz CT molecular complexity index is 572. The molecule has 0 bridgehead atoms. The third-order valence-electron chi connectivity index (χ3n) is 2.87. The van der Waals surface area contributed by atoms with Gasteiger partial charge < -0.3 is 0 Å². The zero-order valence-electron chi connectivity index (χ0n) is 10.5. The van der Waals surface area contributed by atoms with Crippen molar-refractivity contribution < 1.29 is 8.78 Å². The highest BCUT2D eigenvalue weighted by Gasteiger charge is 2.10. The molecule has 0 aromatic heterocycles. The van der Waals surface area contributed by atoms with Crippen molar-refractivity contribution in [1.82, 2.24) is 4.90 Å². The summed E-state index contributed by atoms with van der Waals surface area (Å²) in [4.78, 5) is 1.89. The first-order valence-electron chi connectivity index (χ1n) is 5.93. The Morgan fingerprint density at radius 3 is 2.32 bits per heavy atom. The molecule has 0 amide bonds. The molecule has 0 unspecified atom stereocenters. The molecule has 0 N–H and O–H groups in total. The van der Waals surface area contributed by atoms with E-state index in [-0.39, 0.29) is 0 Å². The van der Waals surface area contributed by atoms with Crippen LogP contribution in [0.2, 0.25) is 5.02 Å². The van der Waals surface area contributed by atoms with E-state index in [1.807, 2.05) is 36.2 Å². The minimum atomic E-state index is -0.816. The minimum Gasteiger partial charge on any atom is -0.298 e. The number of benzene rings is 2. The zero-order chi connectivity index (χ0) is 13.8. The van der Waals surface area contributed by atoms with Gasteiger partial charge in [-0.05, 0) is 24.7 Å². The molecule has 1 nitrogen and oxygen atoms in total. The summed E-state index contributed by atoms with van der Waals surface area (Å²) < 4.78 is 26.7. The van der Waals surface area contributed by atoms with Crippen molar-refractivity contribution in [3.8, 4) is 0 Å². The first-order valence-corrected chi connectivity index (χ1v) is 6.30. The predicted octanol–water partition coefficient (Wildman–Crippen LogP) is 4.25. The Kier molecular flexibility index (Phi) is 4.51. The van der Waals surface area contributed by atoms with Crippen molar-refractivity contribution in [3.05, 3.63) is 70.2 Å². The average Bonchev–Trinajstić information content (AvgIpc) is 2.38. The Balaban J connectivity index is 2.08. The molecule has 2 aromatic rings. The first kappa shape index (κ1) is 14.0. The van der Waals surface area contributed by atoms with E-state index in [0.717, 1.165) is 11.6 Å². The molecule has 2 rings (SSSR count). The zero-order valence-corrected chi connectivity index (χ0v) is 11.3. The summed E-state index contributed by atoms with van der Waals surface area (Å²) in [6.07, 6.45) is 0. The molecule has 0 spiro atoms. The van der Waals surface area contributed by atoms with Crippen LogP contribution in [0.4, 0.5) is 8.78 Å². The van der Waals surface area contributed by atoms with Crippen molar-refractivity contribution in [1.29, 1.82) is 0 Å². The molecule has 0 saturated carbocycles. The van der Waals surface area contributed by atoms with Crippen molar-refractivity contribution in [2.24, 2.45) is 0 Å². The Labute approximate surface area is 116 Å². The standard InChI is InChI=1S/C15H14ClF2N/c1-19(9-11-5-2-3-7-13(11)16)10-12-6-4-8-14(17)15(12)18/h2-8H,9-10H2,1H3. The molecule has 100 valence electrons. The second kappa shape index (κ2) is 6.13. The van der Waals surface area contributed by atoms with Gasteiger partial charge in [0, 0.05) is 23.7 Å². The summed E-state index contributed by atoms with van der Waals surface area (Å²) in [5.41, 5.74) is 1.30. The molecule has 0 aliphatic heterocycles. The molecule has 0 radical (unpaired) electrons. The van der Waals surface area contributed by atoms with Gasteiger partial charge in [-0.1, -0.05) is 41.9 Å². The highest BCUT2D eigenvalue weighted by Crippen LogP contribution is 2.18. The van der Waals surface area contributed by atoms with Crippen molar-refractivity contribution in [2.45, 2.75) is 13.1 Å². The van der Waals surface area contributed by atoms with Gasteiger partial charge in [-0.15, -0.1) is 0 Å². The minimum absolute atomic E-state index is 0.328. The van der Waals surface area contributed by atoms with Gasteiger partial charge in [-0.25, -0.2) is 8.78 Å². The lowest BCUT2D eigenvalue weighted by molar-refractivity contribution is 0.311. The lowest BCUT2D eigenvalue weighted by Crippen LogP contribution is -2.18. The topological polar surface area (TPSA) is 3.24 Å². The van der Waals surface area contributed by atoms with E-state index in [1.165, 1.54) is 6.07 Å². The van der Waals surface area contributed by atoms with E-state index < -0.39 is 11.6 Å². The summed E-state index contributed by atoms with van der Waals surface area (Å²) in [7, 11) is 1.84. The van der Waals surface area contributed by atoms with Crippen LogP contribution >= 0.6 is 11.6 Å². The number of hydrogen-bond acceptors (Lipinski definition) is 1. The van der Waals surface area contributed by atoms with Gasteiger partial charge in [0.1, 0.15) is 0 Å². The van der Waals surface area contributed by atoms with E-state index in [9.17, 15) is 8.78 Å². The SMILES string of the molecule is CN(Cc1ccccc1Cl)Cc1cccc(F)c1F. The maximum absolute atomic E-state index is 13.6. The Hall–Kier alpha value is -1.45. The van der Waals surface area contributed by atoms with Crippen LogP contribution in [0.15, 0.2) is 42.5 Å². The normalized spacial score (nSPS) is 11.0. The van der Waals surface area contributed by atoms with Gasteiger partial charge in [0.2, 0.25) is 0 Å². The van der Waals surface area contributed by atoms with Crippen LogP contribution in [0.25, 0.3) is 0 Å². The molecule has 2 aromatic carbocycles. The molecule has 0 saturated heterocycles. The van der Waals surface area contributed by atoms with E-state index in [1.54, 1.807) is 6.07 Å². The number of hydrogen-bond donors (Lipinski definition) is 0. The third-order valence-corrected chi connectivity index (χ3v) is 3.24. The highest BCUT2D eigenvalue weighted by molar-refractivity contribution is 6.31. The van der Waals surface area contributed by atoms with E-state index in [2.05, 4.69) is 0 Å². The molecular formula is C15H14ClF2N. The fraction of sp³-hybridized carbons (Fsp3) is 0.200. The second-order valence-corrected chi connectivity index (χ2v) is 4.88. The molecular weight excluding hydrogens is 268 g/mol. The van der Waals surface area contributed by atoms with E-state index in [0.29, 0.717) is 23.7 Å². The summed E-state index contributed by atoms with van der Waals surface area (Å²) in [6, 6.07) is 11.7. The van der Waals surface area contributed by atoms with Gasteiger partial charge in [0.05, 0.1) is 0 Å². The van der Waals surface area contributed by atoms with Crippen molar-refractivity contribution in [3.63, 3.8) is 0 Å². The monoisotopic (exact) mass is 281 g/mol. The first-order chi connectivity index (χ1) is 9.08. The smallest absolute Gasteiger partial charge is 0.163 e. The van der Waals surface area contributed by atoms with Crippen molar-refractivity contribution in [2.75, 3.05) is 7.05 Å². The highest BCUT2D eigenvalue weighted by atomic mass is 35.5. The van der Waals surface area contributed by atoms with Crippen LogP contribution in [0.3, 0.4) is 0 Å². The molecule has 0 heterocycles. The maximum atomic E-state index is 13.6. The van der Waals surface area contributed by atoms with E-state index in [4.69, 9.17) is 11.6 Å². The molecule has 19 heavy (non-hydrogen) atoms. The molecule has 0 aliphatic carbocycles. The summed E-state index contributed by atoms with van der Waals surface area (Å²) in [5, 5.41) is 0.675. The molecule has 0 fully saturated rings. The quantitative estimate of drug-likeness (QED) is 0.810. The Morgan fingerprint density at radius 2 is 1.58 bits per heavy atom. The second-order valence-electron chi connectivity index (χ2n) is 4.48. The number of halogens is 3. The maximum Gasteiger partial charge on any atom is 0.163 e. The fourth-order valence-corrected chi connectivity index (χ4v) is 2.13. The predicted molar refractivity (Wildman–Crippen MR) is 73.0 cm³/mol. The van der Waals surface area contributed by atoms with Gasteiger partial charge >= 0.3 is 0 Å². The number of rotatable bonds is 4. The third kappa shape index (κ3) is 3.52. The van der Waals surface area contributed by atoms with Gasteiger partial charge in [0.25, 0.3) is 0 Å². The van der Waals surface area contributed by atoms with Crippen molar-refractivity contribution >= 4 is 11.6 Å². The Morgan fingerprint density at radius 1 is 0.947 bits per heavy atom. The molecule has 4 heteroatoms. The van der Waals surface area contributed by atoms with E-state index >= 15 is 0 Å². The largest absolute Gasteiger partial charge is 0.298 e. The van der Waals surface area contributed by atoms with Gasteiger partial charge in [0.15, 0.2) is 11.6 Å². The summed E-state index contributed by atoms with van der Waals surface area (Å²) in [6.45, 7) is 0.907. The van der Waals surface area contributed by atoms with Crippen LogP contribution in [0.5, 0.6) is 0 Å². The van der Waals surface area contributed by atoms with Crippen LogP contribution in [-0.2, 0) is 13.1 Å². The van der Waals surface area contributed by atoms with Gasteiger partial charge in [-0.2, -0.15) is 0 Å². The number of nitrogens with zero attached hydrogens (tertiary/aromatic N) is 1. The van der Waals surface area contributed by atoms with Gasteiger partial charge in [-0.3, -0.25) is 4.90 Å². The summed E-state index contributed by atoms with van der Waals surface area (Å²) >= 11 is 6.07. The van der Waals surface area contributed by atoms with Crippen LogP contribution in [0, 0.1) is 11.6 Å². The lowest BCUT2D eigenvalue weighted by atomic mass is 10.1. The summed E-state index contributed by atoms with van der Waals surface area (Å²) in [5.74, 6) is -1.60. The molecule has 0 aliphatic rings. The average molecular weight is 282 g/mol. The lowest BCUT2D eigenvalue weighted by Gasteiger charge is -2.18. The van der Waals surface area contributed by atoms with Crippen LogP contribution in [0.1, 0.15) is 11.1 Å². The van der Waals surface area contributed by atoms with Crippen LogP contribution in [-0.4, -0.2) is 11.9 Å². The fourth-order valence-electron chi connectivity index (χ4n) is 1.93. The molecule has 0 atom stereocenters.